The number of amides is 1. The number of halogens is 2. The summed E-state index contributed by atoms with van der Waals surface area (Å²) >= 11 is 1.52. The van der Waals surface area contributed by atoms with Crippen molar-refractivity contribution in [2.24, 2.45) is 7.05 Å². The molecule has 1 aliphatic rings. The van der Waals surface area contributed by atoms with Gasteiger partial charge in [-0.2, -0.15) is 5.10 Å². The number of fused-ring (bicyclic) bond motifs is 2. The van der Waals surface area contributed by atoms with Gasteiger partial charge in [0.15, 0.2) is 0 Å². The van der Waals surface area contributed by atoms with Crippen LogP contribution in [-0.4, -0.2) is 53.5 Å². The molecule has 0 aliphatic carbocycles. The van der Waals surface area contributed by atoms with Gasteiger partial charge in [0.25, 0.3) is 5.91 Å². The zero-order chi connectivity index (χ0) is 24.9. The summed E-state index contributed by atoms with van der Waals surface area (Å²) in [5.41, 5.74) is 1.55. The van der Waals surface area contributed by atoms with Crippen molar-refractivity contribution in [3.8, 4) is 16.9 Å². The van der Waals surface area contributed by atoms with Crippen molar-refractivity contribution in [3.63, 3.8) is 0 Å². The first kappa shape index (κ1) is 23.4. The monoisotopic (exact) mass is 486 g/mol. The lowest BCUT2D eigenvalue weighted by Gasteiger charge is -2.33. The summed E-state index contributed by atoms with van der Waals surface area (Å²) < 4.78 is 37.9. The van der Waals surface area contributed by atoms with Crippen LogP contribution in [0.25, 0.3) is 22.0 Å². The molecule has 35 heavy (non-hydrogen) atoms. The van der Waals surface area contributed by atoms with E-state index in [0.717, 1.165) is 4.90 Å². The van der Waals surface area contributed by atoms with E-state index in [9.17, 15) is 4.79 Å². The van der Waals surface area contributed by atoms with Crippen molar-refractivity contribution >= 4 is 44.3 Å². The van der Waals surface area contributed by atoms with E-state index in [-0.39, 0.29) is 16.8 Å². The molecule has 4 radical (unpaired) electrons. The van der Waals surface area contributed by atoms with E-state index >= 15 is 8.78 Å². The van der Waals surface area contributed by atoms with Gasteiger partial charge in [0.05, 0.1) is 33.5 Å². The van der Waals surface area contributed by atoms with E-state index in [2.05, 4.69) is 10.1 Å². The molecule has 0 N–H and O–H groups in total. The zero-order valence-electron chi connectivity index (χ0n) is 19.0. The van der Waals surface area contributed by atoms with Gasteiger partial charge in [-0.3, -0.25) is 14.5 Å². The number of hydrogen-bond donors (Lipinski definition) is 0. The highest BCUT2D eigenvalue weighted by Gasteiger charge is 2.43. The minimum atomic E-state index is -1.79. The SMILES string of the molecule is [B]C1([B])c2ncccc2C(=O)N1Cc1c(F)cc(-c2ccc(OCSC)c3nn(C)cc23)cc1F. The van der Waals surface area contributed by atoms with Gasteiger partial charge in [0, 0.05) is 35.7 Å². The first-order chi connectivity index (χ1) is 16.7. The molecule has 172 valence electrons. The molecule has 5 rings (SSSR count). The lowest BCUT2D eigenvalue weighted by Crippen LogP contribution is -2.45. The summed E-state index contributed by atoms with van der Waals surface area (Å²) in [6.45, 7) is -0.454. The third-order valence-electron chi connectivity index (χ3n) is 5.96. The van der Waals surface area contributed by atoms with Crippen molar-refractivity contribution in [2.75, 3.05) is 12.2 Å². The Morgan fingerprint density at radius 1 is 1.14 bits per heavy atom. The van der Waals surface area contributed by atoms with E-state index in [1.807, 2.05) is 6.26 Å². The smallest absolute Gasteiger partial charge is 0.255 e. The van der Waals surface area contributed by atoms with Crippen LogP contribution in [0.2, 0.25) is 0 Å². The number of pyridine rings is 1. The quantitative estimate of drug-likeness (QED) is 0.307. The Morgan fingerprint density at radius 2 is 1.89 bits per heavy atom. The van der Waals surface area contributed by atoms with Crippen molar-refractivity contribution in [1.82, 2.24) is 19.7 Å². The maximum atomic E-state index is 15.3. The zero-order valence-corrected chi connectivity index (χ0v) is 19.8. The molecule has 6 nitrogen and oxygen atoms in total. The predicted molar refractivity (Wildman–Crippen MR) is 132 cm³/mol. The number of aromatic nitrogens is 3. The molecule has 0 fully saturated rings. The highest BCUT2D eigenvalue weighted by atomic mass is 32.2. The fourth-order valence-corrected chi connectivity index (χ4v) is 4.54. The normalized spacial score (nSPS) is 14.5. The van der Waals surface area contributed by atoms with Crippen molar-refractivity contribution in [1.29, 1.82) is 0 Å². The van der Waals surface area contributed by atoms with E-state index in [1.165, 1.54) is 36.2 Å². The van der Waals surface area contributed by atoms with E-state index in [1.54, 1.807) is 36.1 Å². The summed E-state index contributed by atoms with van der Waals surface area (Å²) in [6, 6.07) is 9.02. The van der Waals surface area contributed by atoms with E-state index in [4.69, 9.17) is 20.4 Å². The third kappa shape index (κ3) is 3.87. The molecule has 0 spiro atoms. The molecule has 0 unspecified atom stereocenters. The number of carbonyl (C=O) groups excluding carboxylic acids is 1. The van der Waals surface area contributed by atoms with Gasteiger partial charge >= 0.3 is 0 Å². The molecular weight excluding hydrogens is 468 g/mol. The molecule has 0 saturated carbocycles. The number of carbonyl (C=O) groups is 1. The largest absolute Gasteiger partial charge is 0.481 e. The fraction of sp³-hybridized carbons (Fsp3) is 0.208. The van der Waals surface area contributed by atoms with Crippen molar-refractivity contribution in [2.45, 2.75) is 11.9 Å². The molecule has 4 aromatic rings. The van der Waals surface area contributed by atoms with Crippen molar-refractivity contribution in [3.05, 3.63) is 77.2 Å². The number of hydrogen-bond acceptors (Lipinski definition) is 5. The Hall–Kier alpha value is -3.33. The Morgan fingerprint density at radius 3 is 2.57 bits per heavy atom. The van der Waals surface area contributed by atoms with Gasteiger partial charge in [-0.1, -0.05) is 0 Å². The summed E-state index contributed by atoms with van der Waals surface area (Å²) in [7, 11) is 14.1. The highest BCUT2D eigenvalue weighted by Crippen LogP contribution is 2.37. The highest BCUT2D eigenvalue weighted by molar-refractivity contribution is 7.98. The van der Waals surface area contributed by atoms with Crippen LogP contribution in [0, 0.1) is 11.6 Å². The van der Waals surface area contributed by atoms with Gasteiger partial charge in [-0.15, -0.1) is 11.8 Å². The van der Waals surface area contributed by atoms with Gasteiger partial charge in [0.2, 0.25) is 0 Å². The second kappa shape index (κ2) is 8.71. The van der Waals surface area contributed by atoms with Crippen LogP contribution in [0.3, 0.4) is 0 Å². The van der Waals surface area contributed by atoms with E-state index < -0.39 is 29.4 Å². The van der Waals surface area contributed by atoms with Gasteiger partial charge in [-0.25, -0.2) is 8.78 Å². The van der Waals surface area contributed by atoms with E-state index in [0.29, 0.717) is 33.7 Å². The van der Waals surface area contributed by atoms with Crippen LogP contribution in [0.4, 0.5) is 8.78 Å². The number of ether oxygens (including phenoxy) is 1. The summed E-state index contributed by atoms with van der Waals surface area (Å²) in [6.07, 6.45) is 5.14. The molecule has 0 saturated heterocycles. The Bertz CT molecular complexity index is 1450. The Kier molecular flexibility index (Phi) is 5.83. The molecular formula is C24H18B2F2N4O2S. The predicted octanol–water partition coefficient (Wildman–Crippen LogP) is 3.72. The maximum absolute atomic E-state index is 15.3. The van der Waals surface area contributed by atoms with Crippen LogP contribution in [0.5, 0.6) is 5.75 Å². The molecule has 2 aromatic heterocycles. The second-order valence-corrected chi connectivity index (χ2v) is 9.07. The Balaban J connectivity index is 1.52. The first-order valence-electron chi connectivity index (χ1n) is 10.6. The molecule has 1 aliphatic heterocycles. The summed E-state index contributed by atoms with van der Waals surface area (Å²) in [4.78, 5) is 17.9. The lowest BCUT2D eigenvalue weighted by atomic mass is 9.59. The average Bonchev–Trinajstić information content (AvgIpc) is 3.30. The van der Waals surface area contributed by atoms with Crippen LogP contribution < -0.4 is 4.74 Å². The first-order valence-corrected chi connectivity index (χ1v) is 12.0. The molecule has 1 amide bonds. The third-order valence-corrected chi connectivity index (χ3v) is 6.32. The second-order valence-electron chi connectivity index (χ2n) is 8.26. The summed E-state index contributed by atoms with van der Waals surface area (Å²) in [5.74, 6) is -1.17. The van der Waals surface area contributed by atoms with Gasteiger partial charge in [0.1, 0.15) is 28.8 Å². The topological polar surface area (TPSA) is 60.3 Å². The number of rotatable bonds is 6. The van der Waals surface area contributed by atoms with Gasteiger partial charge < -0.3 is 9.64 Å². The van der Waals surface area contributed by atoms with Gasteiger partial charge in [-0.05, 0) is 53.8 Å². The van der Waals surface area contributed by atoms with Crippen LogP contribution in [-0.2, 0) is 18.9 Å². The standard InChI is InChI=1S/C24H18B2F2N4O2S/c1-31-10-16-14(5-6-20(21(16)30-31)34-12-35-2)13-8-18(27)17(19(28)9-13)11-32-23(33)15-4-3-7-29-22(15)24(32,25)26/h3-10H,11-12H2,1-2H3. The average molecular weight is 486 g/mol. The van der Waals surface area contributed by atoms with Crippen LogP contribution in [0.1, 0.15) is 21.6 Å². The summed E-state index contributed by atoms with van der Waals surface area (Å²) in [5, 5.41) is 3.34. The molecule has 0 bridgehead atoms. The fourth-order valence-electron chi connectivity index (χ4n) is 4.29. The Labute approximate surface area is 207 Å². The number of aryl methyl sites for hydroxylation is 1. The molecule has 2 aromatic carbocycles. The lowest BCUT2D eigenvalue weighted by molar-refractivity contribution is 0.0727. The van der Waals surface area contributed by atoms with Crippen molar-refractivity contribution < 1.29 is 18.3 Å². The number of benzene rings is 2. The molecule has 11 heteroatoms. The number of nitrogens with zero attached hydrogens (tertiary/aromatic N) is 4. The minimum Gasteiger partial charge on any atom is -0.481 e. The molecule has 0 atom stereocenters. The maximum Gasteiger partial charge on any atom is 0.255 e. The van der Waals surface area contributed by atoms with Crippen LogP contribution >= 0.6 is 11.8 Å². The van der Waals surface area contributed by atoms with Crippen LogP contribution in [0.15, 0.2) is 48.8 Å². The minimum absolute atomic E-state index is 0.158. The molecule has 3 heterocycles. The number of thioether (sulfide) groups is 1.